The highest BCUT2D eigenvalue weighted by Gasteiger charge is 2.33. The normalized spacial score (nSPS) is 25.4. The number of nitrogens with zero attached hydrogens (tertiary/aromatic N) is 3. The van der Waals surface area contributed by atoms with E-state index in [1.54, 1.807) is 0 Å². The van der Waals surface area contributed by atoms with Crippen LogP contribution in [0.25, 0.3) is 0 Å². The summed E-state index contributed by atoms with van der Waals surface area (Å²) in [5.74, 6) is 0.952. The fourth-order valence-corrected chi connectivity index (χ4v) is 3.89. The molecule has 3 rings (SSSR count). The van der Waals surface area contributed by atoms with Crippen LogP contribution in [0.1, 0.15) is 44.2 Å². The number of rotatable bonds is 5. The number of hydrogen-bond donors (Lipinski definition) is 1. The van der Waals surface area contributed by atoms with Gasteiger partial charge in [0.1, 0.15) is 0 Å². The van der Waals surface area contributed by atoms with Gasteiger partial charge in [0.15, 0.2) is 0 Å². The predicted molar refractivity (Wildman–Crippen MR) is 76.7 cm³/mol. The number of aromatic nitrogens is 2. The summed E-state index contributed by atoms with van der Waals surface area (Å²) in [7, 11) is 0. The molecular weight excluding hydrogens is 236 g/mol. The lowest BCUT2D eigenvalue weighted by Gasteiger charge is -2.28. The number of hydrogen-bond acceptors (Lipinski definition) is 3. The lowest BCUT2D eigenvalue weighted by atomic mass is 9.96. The zero-order valence-electron chi connectivity index (χ0n) is 11.8. The van der Waals surface area contributed by atoms with E-state index in [1.165, 1.54) is 50.8 Å². The van der Waals surface area contributed by atoms with Crippen molar-refractivity contribution >= 4 is 0 Å². The Morgan fingerprint density at radius 1 is 1.21 bits per heavy atom. The van der Waals surface area contributed by atoms with E-state index in [4.69, 9.17) is 5.73 Å². The molecule has 1 aliphatic carbocycles. The molecule has 2 heterocycles. The number of likely N-dealkylation sites (tertiary alicyclic amines) is 1. The minimum atomic E-state index is 0.685. The zero-order valence-corrected chi connectivity index (χ0v) is 11.8. The minimum absolute atomic E-state index is 0.685. The molecule has 1 unspecified atom stereocenters. The van der Waals surface area contributed by atoms with E-state index < -0.39 is 0 Å². The van der Waals surface area contributed by atoms with Crippen LogP contribution in [0, 0.1) is 5.92 Å². The van der Waals surface area contributed by atoms with Gasteiger partial charge < -0.3 is 10.3 Å². The summed E-state index contributed by atoms with van der Waals surface area (Å²) >= 11 is 0. The molecule has 0 spiro atoms. The Hall–Kier alpha value is -0.870. The van der Waals surface area contributed by atoms with E-state index in [2.05, 4.69) is 20.6 Å². The number of nitrogens with two attached hydrogens (primary N) is 1. The van der Waals surface area contributed by atoms with E-state index >= 15 is 0 Å². The Balaban J connectivity index is 1.60. The average molecular weight is 262 g/mol. The summed E-state index contributed by atoms with van der Waals surface area (Å²) in [6.45, 7) is 3.84. The van der Waals surface area contributed by atoms with Gasteiger partial charge in [-0.3, -0.25) is 4.90 Å². The van der Waals surface area contributed by atoms with Gasteiger partial charge in [-0.15, -0.1) is 0 Å². The van der Waals surface area contributed by atoms with Crippen LogP contribution in [0.15, 0.2) is 12.5 Å². The van der Waals surface area contributed by atoms with Crippen LogP contribution in [0.3, 0.4) is 0 Å². The number of imidazole rings is 1. The molecule has 0 bridgehead atoms. The monoisotopic (exact) mass is 262 g/mol. The molecule has 1 saturated carbocycles. The van der Waals surface area contributed by atoms with Crippen LogP contribution in [-0.2, 0) is 13.1 Å². The molecular formula is C15H26N4. The summed E-state index contributed by atoms with van der Waals surface area (Å²) < 4.78 is 2.11. The van der Waals surface area contributed by atoms with E-state index in [0.717, 1.165) is 25.0 Å². The molecule has 2 fully saturated rings. The fourth-order valence-electron chi connectivity index (χ4n) is 3.89. The molecule has 4 nitrogen and oxygen atoms in total. The Bertz CT molecular complexity index is 395. The first kappa shape index (κ1) is 13.1. The van der Waals surface area contributed by atoms with Crippen molar-refractivity contribution in [1.29, 1.82) is 0 Å². The van der Waals surface area contributed by atoms with Crippen LogP contribution in [0.2, 0.25) is 0 Å². The molecule has 0 amide bonds. The minimum Gasteiger partial charge on any atom is -0.336 e. The second-order valence-corrected chi connectivity index (χ2v) is 6.12. The maximum absolute atomic E-state index is 5.58. The fraction of sp³-hybridized carbons (Fsp3) is 0.800. The van der Waals surface area contributed by atoms with Crippen molar-refractivity contribution < 1.29 is 0 Å². The second kappa shape index (κ2) is 6.06. The second-order valence-electron chi connectivity index (χ2n) is 6.12. The Morgan fingerprint density at radius 3 is 2.84 bits per heavy atom. The van der Waals surface area contributed by atoms with Gasteiger partial charge in [-0.1, -0.05) is 12.8 Å². The molecule has 0 aromatic carbocycles. The summed E-state index contributed by atoms with van der Waals surface area (Å²) in [5, 5.41) is 0. The highest BCUT2D eigenvalue weighted by Crippen LogP contribution is 2.35. The molecule has 1 atom stereocenters. The van der Waals surface area contributed by atoms with Gasteiger partial charge in [-0.05, 0) is 38.1 Å². The van der Waals surface area contributed by atoms with Gasteiger partial charge in [0, 0.05) is 31.9 Å². The quantitative estimate of drug-likeness (QED) is 0.883. The molecule has 1 aromatic rings. The largest absolute Gasteiger partial charge is 0.336 e. The van der Waals surface area contributed by atoms with Crippen LogP contribution in [-0.4, -0.2) is 33.6 Å². The highest BCUT2D eigenvalue weighted by atomic mass is 15.2. The van der Waals surface area contributed by atoms with E-state index in [9.17, 15) is 0 Å². The van der Waals surface area contributed by atoms with Crippen molar-refractivity contribution in [2.24, 2.45) is 11.7 Å². The van der Waals surface area contributed by atoms with Crippen molar-refractivity contribution in [3.63, 3.8) is 0 Å². The molecule has 19 heavy (non-hydrogen) atoms. The molecule has 1 aromatic heterocycles. The van der Waals surface area contributed by atoms with Crippen LogP contribution in [0.5, 0.6) is 0 Å². The standard InChI is InChI=1S/C15H26N4/c16-7-9-18-10-14(17-12-18)11-19-8-3-6-15(19)13-4-1-2-5-13/h10,12-13,15H,1-9,11,16H2. The van der Waals surface area contributed by atoms with Gasteiger partial charge >= 0.3 is 0 Å². The van der Waals surface area contributed by atoms with Crippen LogP contribution >= 0.6 is 0 Å². The van der Waals surface area contributed by atoms with Gasteiger partial charge in [-0.2, -0.15) is 0 Å². The summed E-state index contributed by atoms with van der Waals surface area (Å²) in [5.41, 5.74) is 6.79. The third-order valence-corrected chi connectivity index (χ3v) is 4.80. The SMILES string of the molecule is NCCn1cnc(CN2CCCC2C2CCCC2)c1. The Labute approximate surface area is 116 Å². The van der Waals surface area contributed by atoms with E-state index in [-0.39, 0.29) is 0 Å². The molecule has 2 aliphatic rings. The third kappa shape index (κ3) is 3.00. The summed E-state index contributed by atoms with van der Waals surface area (Å²) in [4.78, 5) is 7.20. The maximum atomic E-state index is 5.58. The maximum Gasteiger partial charge on any atom is 0.0950 e. The Morgan fingerprint density at radius 2 is 2.05 bits per heavy atom. The van der Waals surface area contributed by atoms with E-state index in [1.807, 2.05) is 6.33 Å². The van der Waals surface area contributed by atoms with Gasteiger partial charge in [-0.25, -0.2) is 4.98 Å². The van der Waals surface area contributed by atoms with E-state index in [0.29, 0.717) is 6.54 Å². The van der Waals surface area contributed by atoms with Crippen molar-refractivity contribution in [2.45, 2.75) is 57.7 Å². The average Bonchev–Trinajstić information content (AvgIpc) is 3.11. The molecule has 1 saturated heterocycles. The molecule has 106 valence electrons. The highest BCUT2D eigenvalue weighted by molar-refractivity contribution is 4.99. The first-order valence-electron chi connectivity index (χ1n) is 7.81. The molecule has 2 N–H and O–H groups in total. The lowest BCUT2D eigenvalue weighted by Crippen LogP contribution is -2.34. The van der Waals surface area contributed by atoms with Crippen molar-refractivity contribution in [1.82, 2.24) is 14.5 Å². The van der Waals surface area contributed by atoms with Crippen LogP contribution in [0.4, 0.5) is 0 Å². The van der Waals surface area contributed by atoms with Crippen molar-refractivity contribution in [2.75, 3.05) is 13.1 Å². The van der Waals surface area contributed by atoms with Gasteiger partial charge in [0.05, 0.1) is 12.0 Å². The first-order valence-corrected chi connectivity index (χ1v) is 7.81. The molecule has 1 aliphatic heterocycles. The lowest BCUT2D eigenvalue weighted by molar-refractivity contribution is 0.181. The molecule has 4 heteroatoms. The Kier molecular flexibility index (Phi) is 4.18. The van der Waals surface area contributed by atoms with Crippen molar-refractivity contribution in [3.8, 4) is 0 Å². The smallest absolute Gasteiger partial charge is 0.0950 e. The topological polar surface area (TPSA) is 47.1 Å². The van der Waals surface area contributed by atoms with Crippen molar-refractivity contribution in [3.05, 3.63) is 18.2 Å². The van der Waals surface area contributed by atoms with Crippen LogP contribution < -0.4 is 5.73 Å². The zero-order chi connectivity index (χ0) is 13.1. The van der Waals surface area contributed by atoms with Gasteiger partial charge in [0.2, 0.25) is 0 Å². The summed E-state index contributed by atoms with van der Waals surface area (Å²) in [6, 6.07) is 0.821. The first-order chi connectivity index (χ1) is 9.36. The third-order valence-electron chi connectivity index (χ3n) is 4.80. The predicted octanol–water partition coefficient (Wildman–Crippen LogP) is 2.00. The summed E-state index contributed by atoms with van der Waals surface area (Å²) in [6.07, 6.45) is 12.6. The van der Waals surface area contributed by atoms with Gasteiger partial charge in [0.25, 0.3) is 0 Å². The molecule has 0 radical (unpaired) electrons.